The maximum Gasteiger partial charge on any atom is 0.325 e. The molecule has 0 aliphatic carbocycles. The topological polar surface area (TPSA) is 55.6 Å². The van der Waals surface area contributed by atoms with Crippen LogP contribution in [0.4, 0.5) is 0 Å². The van der Waals surface area contributed by atoms with Gasteiger partial charge in [0.15, 0.2) is 0 Å². The molecule has 104 valence electrons. The Kier molecular flexibility index (Phi) is 4.22. The van der Waals surface area contributed by atoms with Crippen molar-refractivity contribution in [1.82, 2.24) is 4.90 Å². The second kappa shape index (κ2) is 5.72. The van der Waals surface area contributed by atoms with Crippen molar-refractivity contribution in [1.29, 1.82) is 0 Å². The van der Waals surface area contributed by atoms with E-state index >= 15 is 0 Å². The van der Waals surface area contributed by atoms with E-state index in [1.165, 1.54) is 12.7 Å². The zero-order valence-electron chi connectivity index (χ0n) is 11.6. The first-order chi connectivity index (χ1) is 9.07. The lowest BCUT2D eigenvalue weighted by Crippen LogP contribution is -2.56. The molecule has 4 nitrogen and oxygen atoms in total. The monoisotopic (exact) mass is 262 g/mol. The average Bonchev–Trinajstić information content (AvgIpc) is 2.47. The normalized spacial score (nSPS) is 20.8. The molecule has 1 aliphatic heterocycles. The number of esters is 1. The molecule has 1 atom stereocenters. The van der Waals surface area contributed by atoms with E-state index < -0.39 is 5.54 Å². The van der Waals surface area contributed by atoms with Gasteiger partial charge in [0, 0.05) is 19.1 Å². The Morgan fingerprint density at radius 2 is 1.89 bits per heavy atom. The lowest BCUT2D eigenvalue weighted by Gasteiger charge is -2.40. The molecule has 1 unspecified atom stereocenters. The molecule has 1 aliphatic rings. The standard InChI is InChI=1S/C15H22N2O2/c1-12(13-6-4-3-5-7-13)17-10-8-15(16,9-11-17)14(18)19-2/h3-7,12H,8-11,16H2,1-2H3. The molecule has 0 aromatic heterocycles. The minimum atomic E-state index is -0.804. The third-order valence-corrected chi connectivity index (χ3v) is 4.11. The molecule has 0 spiro atoms. The SMILES string of the molecule is COC(=O)C1(N)CCN(C(C)c2ccccc2)CC1. The fourth-order valence-corrected chi connectivity index (χ4v) is 2.66. The smallest absolute Gasteiger partial charge is 0.325 e. The quantitative estimate of drug-likeness (QED) is 0.843. The summed E-state index contributed by atoms with van der Waals surface area (Å²) in [5.74, 6) is -0.292. The largest absolute Gasteiger partial charge is 0.468 e. The summed E-state index contributed by atoms with van der Waals surface area (Å²) in [7, 11) is 1.40. The number of rotatable bonds is 3. The number of carbonyl (C=O) groups excluding carboxylic acids is 1. The van der Waals surface area contributed by atoms with Crippen LogP contribution in [0.3, 0.4) is 0 Å². The second-order valence-electron chi connectivity index (χ2n) is 5.27. The van der Waals surface area contributed by atoms with Crippen LogP contribution in [0.15, 0.2) is 30.3 Å². The summed E-state index contributed by atoms with van der Waals surface area (Å²) in [6.45, 7) is 3.83. The van der Waals surface area contributed by atoms with Crippen LogP contribution >= 0.6 is 0 Å². The average molecular weight is 262 g/mol. The van der Waals surface area contributed by atoms with Crippen LogP contribution in [0.1, 0.15) is 31.4 Å². The van der Waals surface area contributed by atoms with E-state index in [-0.39, 0.29) is 5.97 Å². The predicted octanol–water partition coefficient (Wildman–Crippen LogP) is 1.71. The molecule has 1 aromatic carbocycles. The molecule has 1 aromatic rings. The molecule has 19 heavy (non-hydrogen) atoms. The van der Waals surface area contributed by atoms with Gasteiger partial charge in [0.1, 0.15) is 5.54 Å². The van der Waals surface area contributed by atoms with Crippen LogP contribution in [-0.2, 0) is 9.53 Å². The molecule has 2 N–H and O–H groups in total. The number of nitrogens with zero attached hydrogens (tertiary/aromatic N) is 1. The highest BCUT2D eigenvalue weighted by atomic mass is 16.5. The van der Waals surface area contributed by atoms with Gasteiger partial charge in [0.05, 0.1) is 7.11 Å². The molecular formula is C15H22N2O2. The molecule has 4 heteroatoms. The van der Waals surface area contributed by atoms with Gasteiger partial charge in [-0.3, -0.25) is 9.69 Å². The van der Waals surface area contributed by atoms with Gasteiger partial charge in [-0.15, -0.1) is 0 Å². The lowest BCUT2D eigenvalue weighted by molar-refractivity contribution is -0.149. The minimum absolute atomic E-state index is 0.292. The highest BCUT2D eigenvalue weighted by molar-refractivity contribution is 5.80. The van der Waals surface area contributed by atoms with Gasteiger partial charge in [-0.25, -0.2) is 0 Å². The van der Waals surface area contributed by atoms with Crippen molar-refractivity contribution < 1.29 is 9.53 Å². The summed E-state index contributed by atoms with van der Waals surface area (Å²) in [6.07, 6.45) is 1.30. The number of nitrogens with two attached hydrogens (primary N) is 1. The second-order valence-corrected chi connectivity index (χ2v) is 5.27. The summed E-state index contributed by atoms with van der Waals surface area (Å²) >= 11 is 0. The Morgan fingerprint density at radius 1 is 1.32 bits per heavy atom. The number of hydrogen-bond donors (Lipinski definition) is 1. The first-order valence-corrected chi connectivity index (χ1v) is 6.73. The molecule has 0 radical (unpaired) electrons. The Hall–Kier alpha value is -1.39. The zero-order valence-corrected chi connectivity index (χ0v) is 11.6. The third-order valence-electron chi connectivity index (χ3n) is 4.11. The highest BCUT2D eigenvalue weighted by Crippen LogP contribution is 2.28. The van der Waals surface area contributed by atoms with Gasteiger partial charge in [0.2, 0.25) is 0 Å². The number of piperidine rings is 1. The van der Waals surface area contributed by atoms with Crippen LogP contribution in [0, 0.1) is 0 Å². The maximum absolute atomic E-state index is 11.7. The fourth-order valence-electron chi connectivity index (χ4n) is 2.66. The molecule has 0 amide bonds. The Morgan fingerprint density at radius 3 is 2.42 bits per heavy atom. The Labute approximate surface area is 114 Å². The predicted molar refractivity (Wildman–Crippen MR) is 74.6 cm³/mol. The number of benzene rings is 1. The molecule has 1 fully saturated rings. The number of methoxy groups -OCH3 is 1. The van der Waals surface area contributed by atoms with E-state index in [0.29, 0.717) is 18.9 Å². The maximum atomic E-state index is 11.7. The van der Waals surface area contributed by atoms with Crippen molar-refractivity contribution in [3.8, 4) is 0 Å². The van der Waals surface area contributed by atoms with Crippen molar-refractivity contribution in [2.75, 3.05) is 20.2 Å². The minimum Gasteiger partial charge on any atom is -0.468 e. The van der Waals surface area contributed by atoms with Crippen molar-refractivity contribution in [3.63, 3.8) is 0 Å². The van der Waals surface area contributed by atoms with Crippen LogP contribution in [-0.4, -0.2) is 36.6 Å². The molecule has 1 saturated heterocycles. The van der Waals surface area contributed by atoms with Gasteiger partial charge in [-0.2, -0.15) is 0 Å². The number of carbonyl (C=O) groups is 1. The van der Waals surface area contributed by atoms with Gasteiger partial charge < -0.3 is 10.5 Å². The van der Waals surface area contributed by atoms with Crippen LogP contribution in [0.25, 0.3) is 0 Å². The summed E-state index contributed by atoms with van der Waals surface area (Å²) in [5.41, 5.74) is 6.61. The first-order valence-electron chi connectivity index (χ1n) is 6.73. The van der Waals surface area contributed by atoms with Crippen molar-refractivity contribution in [2.24, 2.45) is 5.73 Å². The summed E-state index contributed by atoms with van der Waals surface area (Å²) in [5, 5.41) is 0. The van der Waals surface area contributed by atoms with Gasteiger partial charge in [-0.05, 0) is 25.3 Å². The van der Waals surface area contributed by atoms with Crippen LogP contribution in [0.2, 0.25) is 0 Å². The van der Waals surface area contributed by atoms with E-state index in [2.05, 4.69) is 36.1 Å². The number of ether oxygens (including phenoxy) is 1. The van der Waals surface area contributed by atoms with Crippen LogP contribution in [0.5, 0.6) is 0 Å². The Bertz CT molecular complexity index is 425. The van der Waals surface area contributed by atoms with Gasteiger partial charge >= 0.3 is 5.97 Å². The Balaban J connectivity index is 1.99. The lowest BCUT2D eigenvalue weighted by atomic mass is 9.87. The van der Waals surface area contributed by atoms with Crippen molar-refractivity contribution >= 4 is 5.97 Å². The third kappa shape index (κ3) is 2.96. The number of hydrogen-bond acceptors (Lipinski definition) is 4. The van der Waals surface area contributed by atoms with E-state index in [9.17, 15) is 4.79 Å². The summed E-state index contributed by atoms with van der Waals surface area (Å²) in [4.78, 5) is 14.0. The summed E-state index contributed by atoms with van der Waals surface area (Å²) < 4.78 is 4.79. The zero-order chi connectivity index (χ0) is 13.9. The fraction of sp³-hybridized carbons (Fsp3) is 0.533. The van der Waals surface area contributed by atoms with Gasteiger partial charge in [0.25, 0.3) is 0 Å². The first kappa shape index (κ1) is 14.0. The van der Waals surface area contributed by atoms with E-state index in [0.717, 1.165) is 13.1 Å². The molecular weight excluding hydrogens is 240 g/mol. The highest BCUT2D eigenvalue weighted by Gasteiger charge is 2.39. The van der Waals surface area contributed by atoms with Crippen molar-refractivity contribution in [2.45, 2.75) is 31.3 Å². The van der Waals surface area contributed by atoms with E-state index in [4.69, 9.17) is 10.5 Å². The molecule has 2 rings (SSSR count). The molecule has 0 saturated carbocycles. The molecule has 1 heterocycles. The van der Waals surface area contributed by atoms with E-state index in [1.54, 1.807) is 0 Å². The molecule has 0 bridgehead atoms. The summed E-state index contributed by atoms with van der Waals surface area (Å²) in [6, 6.07) is 10.7. The van der Waals surface area contributed by atoms with Crippen LogP contribution < -0.4 is 5.73 Å². The van der Waals surface area contributed by atoms with Crippen molar-refractivity contribution in [3.05, 3.63) is 35.9 Å². The van der Waals surface area contributed by atoms with Gasteiger partial charge in [-0.1, -0.05) is 30.3 Å². The number of likely N-dealkylation sites (tertiary alicyclic amines) is 1. The van der Waals surface area contributed by atoms with E-state index in [1.807, 2.05) is 6.07 Å².